The molecule has 2 aliphatic heterocycles. The van der Waals surface area contributed by atoms with Gasteiger partial charge in [0.05, 0.1) is 11.9 Å². The van der Waals surface area contributed by atoms with Crippen LogP contribution in [0.15, 0.2) is 49.1 Å². The van der Waals surface area contributed by atoms with E-state index in [-0.39, 0.29) is 11.9 Å². The number of anilines is 1. The number of carbonyl (C=O) groups is 1. The first-order valence-electron chi connectivity index (χ1n) is 15.1. The Labute approximate surface area is 245 Å². The quantitative estimate of drug-likeness (QED) is 0.337. The number of rotatable bonds is 9. The highest BCUT2D eigenvalue weighted by molar-refractivity contribution is 5.74. The zero-order valence-corrected chi connectivity index (χ0v) is 23.7. The van der Waals surface area contributed by atoms with Crippen LogP contribution in [0.4, 0.5) is 15.0 Å². The van der Waals surface area contributed by atoms with Crippen LogP contribution in [0, 0.1) is 17.2 Å². The van der Waals surface area contributed by atoms with E-state index in [1.165, 1.54) is 18.6 Å². The Balaban J connectivity index is 0.962. The van der Waals surface area contributed by atoms with Crippen molar-refractivity contribution in [2.75, 3.05) is 37.6 Å². The van der Waals surface area contributed by atoms with Crippen molar-refractivity contribution < 1.29 is 19.0 Å². The Morgan fingerprint density at radius 1 is 1.02 bits per heavy atom. The lowest BCUT2D eigenvalue weighted by molar-refractivity contribution is -0.0257. The monoisotopic (exact) mass is 572 g/mol. The van der Waals surface area contributed by atoms with E-state index in [1.54, 1.807) is 24.8 Å². The molecule has 2 N–H and O–H groups in total. The maximum atomic E-state index is 14.4. The van der Waals surface area contributed by atoms with Crippen LogP contribution < -0.4 is 15.0 Å². The van der Waals surface area contributed by atoms with Gasteiger partial charge >= 0.3 is 6.09 Å². The molecule has 2 aliphatic carbocycles. The third kappa shape index (κ3) is 5.64. The van der Waals surface area contributed by atoms with Crippen LogP contribution in [0.5, 0.6) is 11.5 Å². The molecule has 1 amide bonds. The molecule has 220 valence electrons. The predicted molar refractivity (Wildman–Crippen MR) is 156 cm³/mol. The molecular formula is C32H37FN6O3. The molecule has 7 rings (SSSR count). The summed E-state index contributed by atoms with van der Waals surface area (Å²) in [5.41, 5.74) is 2.90. The zero-order chi connectivity index (χ0) is 28.7. The van der Waals surface area contributed by atoms with Crippen molar-refractivity contribution >= 4 is 11.9 Å². The second kappa shape index (κ2) is 11.1. The van der Waals surface area contributed by atoms with E-state index < -0.39 is 6.09 Å². The summed E-state index contributed by atoms with van der Waals surface area (Å²) in [4.78, 5) is 29.1. The Morgan fingerprint density at radius 2 is 1.83 bits per heavy atom. The van der Waals surface area contributed by atoms with Crippen molar-refractivity contribution in [1.29, 1.82) is 0 Å². The molecule has 0 atom stereocenters. The van der Waals surface area contributed by atoms with Crippen LogP contribution in [-0.4, -0.2) is 69.8 Å². The first-order chi connectivity index (χ1) is 20.4. The van der Waals surface area contributed by atoms with Gasteiger partial charge < -0.3 is 25.0 Å². The number of nitrogens with zero attached hydrogens (tertiary/aromatic N) is 5. The fourth-order valence-corrected chi connectivity index (χ4v) is 7.18. The molecule has 1 spiro atoms. The molecule has 4 heterocycles. The number of likely N-dealkylation sites (tertiary alicyclic amines) is 1. The van der Waals surface area contributed by atoms with E-state index in [9.17, 15) is 9.18 Å². The van der Waals surface area contributed by atoms with Crippen LogP contribution in [0.25, 0.3) is 11.1 Å². The standard InChI is InChI=1S/C32H37FN6O3/c33-23-7-10-27(26(14-23)25-2-1-12-35-29(25)22-5-6-22)42-28-15-34-20-36-30(28)39-18-32(19-39)16-38(17-32)13-11-21-3-8-24(9-4-21)37-31(40)41/h1-2,7,10,12,14-15,20-22,24,37H,3-6,8-9,11,13,16-19H2,(H,40,41)/t21-,24-. The van der Waals surface area contributed by atoms with Crippen molar-refractivity contribution in [3.63, 3.8) is 0 Å². The van der Waals surface area contributed by atoms with Crippen molar-refractivity contribution in [3.8, 4) is 22.6 Å². The maximum absolute atomic E-state index is 14.4. The second-order valence-corrected chi connectivity index (χ2v) is 12.7. The fourth-order valence-electron chi connectivity index (χ4n) is 7.18. The molecule has 2 saturated heterocycles. The Morgan fingerprint density at radius 3 is 2.60 bits per heavy atom. The lowest BCUT2D eigenvalue weighted by Gasteiger charge is -2.61. The third-order valence-corrected chi connectivity index (χ3v) is 9.41. The molecule has 4 aliphatic rings. The number of carboxylic acid groups (broad SMARTS) is 1. The molecule has 9 nitrogen and oxygen atoms in total. The van der Waals surface area contributed by atoms with Crippen molar-refractivity contribution in [2.24, 2.45) is 11.3 Å². The molecule has 4 fully saturated rings. The average Bonchev–Trinajstić information content (AvgIpc) is 3.79. The smallest absolute Gasteiger partial charge is 0.404 e. The molecule has 1 aromatic carbocycles. The van der Waals surface area contributed by atoms with Gasteiger partial charge in [-0.1, -0.05) is 6.07 Å². The Bertz CT molecular complexity index is 1440. The van der Waals surface area contributed by atoms with Gasteiger partial charge in [0.2, 0.25) is 0 Å². The van der Waals surface area contributed by atoms with Gasteiger partial charge in [-0.2, -0.15) is 0 Å². The molecular weight excluding hydrogens is 535 g/mol. The zero-order valence-electron chi connectivity index (χ0n) is 23.7. The summed E-state index contributed by atoms with van der Waals surface area (Å²) >= 11 is 0. The Hall–Kier alpha value is -3.79. The highest BCUT2D eigenvalue weighted by Crippen LogP contribution is 2.47. The van der Waals surface area contributed by atoms with Crippen molar-refractivity contribution in [2.45, 2.75) is 56.9 Å². The van der Waals surface area contributed by atoms with Gasteiger partial charge in [-0.3, -0.25) is 4.98 Å². The van der Waals surface area contributed by atoms with Crippen molar-refractivity contribution in [1.82, 2.24) is 25.2 Å². The molecule has 10 heteroatoms. The Kier molecular flexibility index (Phi) is 7.17. The fraction of sp³-hybridized carbons (Fsp3) is 0.500. The SMILES string of the molecule is O=C(O)N[C@H]1CC[C@H](CCN2CC3(C2)CN(c2ncncc2Oc2ccc(F)cc2-c2cccnc2C2CC2)C3)CC1. The number of nitrogens with one attached hydrogen (secondary N) is 1. The first kappa shape index (κ1) is 27.1. The van der Waals surface area contributed by atoms with E-state index in [4.69, 9.17) is 9.84 Å². The van der Waals surface area contributed by atoms with Gasteiger partial charge in [-0.25, -0.2) is 19.2 Å². The minimum Gasteiger partial charge on any atom is -0.465 e. The molecule has 3 aromatic rings. The molecule has 0 unspecified atom stereocenters. The van der Waals surface area contributed by atoms with Gasteiger partial charge in [0.15, 0.2) is 11.6 Å². The lowest BCUT2D eigenvalue weighted by Crippen LogP contribution is -2.72. The van der Waals surface area contributed by atoms with Crippen LogP contribution in [0.2, 0.25) is 0 Å². The van der Waals surface area contributed by atoms with Gasteiger partial charge in [0.25, 0.3) is 0 Å². The number of hydrogen-bond donors (Lipinski definition) is 2. The number of aromatic nitrogens is 3. The van der Waals surface area contributed by atoms with Crippen molar-refractivity contribution in [3.05, 3.63) is 60.6 Å². The number of benzene rings is 1. The summed E-state index contributed by atoms with van der Waals surface area (Å²) in [6.07, 6.45) is 11.6. The van der Waals surface area contributed by atoms with Gasteiger partial charge in [0, 0.05) is 60.9 Å². The van der Waals surface area contributed by atoms with Gasteiger partial charge in [-0.05, 0) is 81.7 Å². The predicted octanol–water partition coefficient (Wildman–Crippen LogP) is 5.69. The summed E-state index contributed by atoms with van der Waals surface area (Å²) in [6.45, 7) is 5.14. The van der Waals surface area contributed by atoms with Crippen LogP contribution in [0.1, 0.15) is 56.6 Å². The average molecular weight is 573 g/mol. The molecule has 42 heavy (non-hydrogen) atoms. The first-order valence-corrected chi connectivity index (χ1v) is 15.1. The van der Waals surface area contributed by atoms with E-state index in [2.05, 4.69) is 30.1 Å². The van der Waals surface area contributed by atoms with E-state index >= 15 is 0 Å². The van der Waals surface area contributed by atoms with E-state index in [0.717, 1.165) is 88.3 Å². The highest BCUT2D eigenvalue weighted by atomic mass is 19.1. The third-order valence-electron chi connectivity index (χ3n) is 9.41. The van der Waals surface area contributed by atoms with Crippen LogP contribution in [-0.2, 0) is 0 Å². The summed E-state index contributed by atoms with van der Waals surface area (Å²) in [7, 11) is 0. The van der Waals surface area contributed by atoms with Crippen LogP contribution >= 0.6 is 0 Å². The molecule has 2 aromatic heterocycles. The van der Waals surface area contributed by atoms with Gasteiger partial charge in [0.1, 0.15) is 17.9 Å². The molecule has 0 bridgehead atoms. The molecule has 2 saturated carbocycles. The molecule has 0 radical (unpaired) electrons. The normalized spacial score (nSPS) is 23.2. The summed E-state index contributed by atoms with van der Waals surface area (Å²) in [5.74, 6) is 2.71. The highest BCUT2D eigenvalue weighted by Gasteiger charge is 2.52. The lowest BCUT2D eigenvalue weighted by atomic mass is 9.72. The minimum absolute atomic E-state index is 0.118. The number of hydrogen-bond acceptors (Lipinski definition) is 7. The van der Waals surface area contributed by atoms with E-state index in [0.29, 0.717) is 34.3 Å². The number of halogens is 1. The number of ether oxygens (including phenoxy) is 1. The van der Waals surface area contributed by atoms with Gasteiger partial charge in [-0.15, -0.1) is 0 Å². The minimum atomic E-state index is -0.910. The second-order valence-electron chi connectivity index (χ2n) is 12.7. The van der Waals surface area contributed by atoms with E-state index in [1.807, 2.05) is 12.1 Å². The van der Waals surface area contributed by atoms with Crippen LogP contribution in [0.3, 0.4) is 0 Å². The summed E-state index contributed by atoms with van der Waals surface area (Å²) in [6, 6.07) is 8.64. The maximum Gasteiger partial charge on any atom is 0.404 e. The number of pyridine rings is 1. The topological polar surface area (TPSA) is 104 Å². The summed E-state index contributed by atoms with van der Waals surface area (Å²) in [5, 5.41) is 11.6. The number of amides is 1. The summed E-state index contributed by atoms with van der Waals surface area (Å²) < 4.78 is 20.9. The largest absolute Gasteiger partial charge is 0.465 e.